The Hall–Kier alpha value is -2.77. The number of alkyl halides is 3. The van der Waals surface area contributed by atoms with Crippen molar-refractivity contribution in [1.82, 2.24) is 10.4 Å². The lowest BCUT2D eigenvalue weighted by Crippen LogP contribution is -2.36. The largest absolute Gasteiger partial charge is 0.507 e. The average Bonchev–Trinajstić information content (AvgIpc) is 2.82. The van der Waals surface area contributed by atoms with Gasteiger partial charge in [-0.2, -0.15) is 22.5 Å². The van der Waals surface area contributed by atoms with E-state index in [0.717, 1.165) is 12.1 Å². The molecule has 0 unspecified atom stereocenters. The second-order valence-corrected chi connectivity index (χ2v) is 12.7. The van der Waals surface area contributed by atoms with E-state index >= 15 is 4.39 Å². The molecule has 40 heavy (non-hydrogen) atoms. The summed E-state index contributed by atoms with van der Waals surface area (Å²) in [6.07, 6.45) is -4.49. The Morgan fingerprint density at radius 2 is 1.40 bits per heavy atom. The molecule has 13 heteroatoms. The summed E-state index contributed by atoms with van der Waals surface area (Å²) < 4.78 is 82.8. The first-order chi connectivity index (χ1) is 18.3. The van der Waals surface area contributed by atoms with E-state index in [-0.39, 0.29) is 11.4 Å². The zero-order valence-corrected chi connectivity index (χ0v) is 24.3. The Balaban J connectivity index is 1.86. The molecule has 0 aliphatic rings. The fraction of sp³-hybridized carbons (Fsp3) is 0.370. The number of hydrogen-bond donors (Lipinski definition) is 5. The van der Waals surface area contributed by atoms with Gasteiger partial charge in [-0.15, -0.1) is 12.6 Å². The Morgan fingerprint density at radius 3 is 1.88 bits per heavy atom. The van der Waals surface area contributed by atoms with E-state index < -0.39 is 56.4 Å². The fourth-order valence-electron chi connectivity index (χ4n) is 3.68. The molecule has 1 atom stereocenters. The number of anilines is 2. The van der Waals surface area contributed by atoms with Crippen LogP contribution >= 0.6 is 24.4 Å². The van der Waals surface area contributed by atoms with Crippen molar-refractivity contribution in [3.8, 4) is 5.75 Å². The highest BCUT2D eigenvalue weighted by Gasteiger charge is 2.30. The van der Waals surface area contributed by atoms with Crippen molar-refractivity contribution < 1.29 is 31.4 Å². The van der Waals surface area contributed by atoms with Crippen LogP contribution in [0.2, 0.25) is 0 Å². The van der Waals surface area contributed by atoms with Gasteiger partial charge in [0.1, 0.15) is 11.2 Å². The molecule has 0 aliphatic carbocycles. The van der Waals surface area contributed by atoms with Gasteiger partial charge in [0, 0.05) is 21.7 Å². The van der Waals surface area contributed by atoms with Crippen LogP contribution in [0.15, 0.2) is 46.2 Å². The number of nitrogens with zero attached hydrogens (tertiary/aromatic N) is 1. The van der Waals surface area contributed by atoms with E-state index in [2.05, 4.69) is 33.8 Å². The number of aromatic nitrogens is 1. The summed E-state index contributed by atoms with van der Waals surface area (Å²) in [4.78, 5) is 3.01. The minimum Gasteiger partial charge on any atom is -0.507 e. The quantitative estimate of drug-likeness (QED) is 0.0616. The van der Waals surface area contributed by atoms with Crippen LogP contribution in [0.4, 0.5) is 37.8 Å². The smallest absolute Gasteiger partial charge is 0.416 e. The molecule has 4 N–H and O–H groups in total. The maximum Gasteiger partial charge on any atom is 0.416 e. The molecule has 218 valence electrons. The zero-order chi connectivity index (χ0) is 30.2. The van der Waals surface area contributed by atoms with Crippen LogP contribution in [-0.4, -0.2) is 15.6 Å². The Morgan fingerprint density at radius 1 is 0.875 bits per heavy atom. The van der Waals surface area contributed by atoms with Gasteiger partial charge >= 0.3 is 6.18 Å². The Kier molecular flexibility index (Phi) is 9.22. The van der Waals surface area contributed by atoms with Crippen molar-refractivity contribution in [3.63, 3.8) is 0 Å². The highest BCUT2D eigenvalue weighted by Crippen LogP contribution is 2.44. The van der Waals surface area contributed by atoms with E-state index in [4.69, 9.17) is 0 Å². The van der Waals surface area contributed by atoms with Gasteiger partial charge < -0.3 is 15.8 Å². The summed E-state index contributed by atoms with van der Waals surface area (Å²) in [7, 11) is 0. The van der Waals surface area contributed by atoms with Crippen LogP contribution in [0.5, 0.6) is 5.75 Å². The third-order valence-corrected chi connectivity index (χ3v) is 7.05. The average molecular weight is 605 g/mol. The third-order valence-electron chi connectivity index (χ3n) is 5.76. The zero-order valence-electron chi connectivity index (χ0n) is 22.6. The first kappa shape index (κ1) is 31.8. The first-order valence-corrected chi connectivity index (χ1v) is 13.4. The van der Waals surface area contributed by atoms with Gasteiger partial charge in [-0.1, -0.05) is 53.3 Å². The molecule has 2 aromatic carbocycles. The highest BCUT2D eigenvalue weighted by molar-refractivity contribution is 7.99. The van der Waals surface area contributed by atoms with Crippen LogP contribution < -0.4 is 16.2 Å². The van der Waals surface area contributed by atoms with Crippen LogP contribution in [-0.2, 0) is 17.0 Å². The van der Waals surface area contributed by atoms with Gasteiger partial charge in [-0.05, 0) is 47.2 Å². The molecule has 3 aromatic rings. The Bertz CT molecular complexity index is 1330. The van der Waals surface area contributed by atoms with E-state index in [1.807, 2.05) is 41.5 Å². The second kappa shape index (κ2) is 11.6. The maximum atomic E-state index is 15.4. The second-order valence-electron chi connectivity index (χ2n) is 11.1. The standard InChI is InChI=1S/C27H30F6N4OS2/c1-25(2,3)16-11-15(12-17(20(16)38)26(4,5)6)40-21-18(28)22(30)35-23(19(21)29)36-37-24(39)34-14-9-7-13(8-10-14)27(31,32)33/h7-12,24,34,37-39H,1-6H3,(H,35,36)/t24-/m0/s1. The predicted molar refractivity (Wildman–Crippen MR) is 148 cm³/mol. The number of phenols is 1. The first-order valence-electron chi connectivity index (χ1n) is 12.0. The molecule has 1 heterocycles. The number of pyridine rings is 1. The summed E-state index contributed by atoms with van der Waals surface area (Å²) in [5, 5.41) is 13.6. The van der Waals surface area contributed by atoms with Crippen molar-refractivity contribution in [2.75, 3.05) is 10.7 Å². The van der Waals surface area contributed by atoms with E-state index in [1.165, 1.54) is 12.1 Å². The minimum absolute atomic E-state index is 0.0816. The van der Waals surface area contributed by atoms with Crippen LogP contribution in [0.25, 0.3) is 0 Å². The molecule has 0 fully saturated rings. The summed E-state index contributed by atoms with van der Waals surface area (Å²) in [6.45, 7) is 11.3. The minimum atomic E-state index is -4.49. The topological polar surface area (TPSA) is 69.2 Å². The number of benzene rings is 2. The number of thiol groups is 1. The van der Waals surface area contributed by atoms with Crippen LogP contribution in [0.1, 0.15) is 58.2 Å². The number of hydrogen-bond acceptors (Lipinski definition) is 7. The monoisotopic (exact) mass is 604 g/mol. The van der Waals surface area contributed by atoms with Crippen molar-refractivity contribution in [1.29, 1.82) is 0 Å². The number of phenolic OH excluding ortho intramolecular Hbond substituents is 1. The summed E-state index contributed by atoms with van der Waals surface area (Å²) in [5.74, 6) is -4.81. The SMILES string of the molecule is CC(C)(C)c1cc(Sc2c(F)c(F)nc(NN[C@@H](S)Nc3ccc(C(F)(F)F)cc3)c2F)cc(C(C)(C)C)c1O. The molecule has 5 nitrogen and oxygen atoms in total. The lowest BCUT2D eigenvalue weighted by atomic mass is 9.79. The number of halogens is 6. The van der Waals surface area contributed by atoms with Gasteiger partial charge in [0.05, 0.1) is 10.5 Å². The number of nitrogens with one attached hydrogen (secondary N) is 3. The van der Waals surface area contributed by atoms with Gasteiger partial charge in [-0.3, -0.25) is 0 Å². The van der Waals surface area contributed by atoms with Crippen LogP contribution in [0.3, 0.4) is 0 Å². The Labute approximate surface area is 238 Å². The van der Waals surface area contributed by atoms with Crippen molar-refractivity contribution in [2.24, 2.45) is 0 Å². The molecule has 0 aliphatic heterocycles. The van der Waals surface area contributed by atoms with E-state index in [1.54, 1.807) is 12.1 Å². The lowest BCUT2D eigenvalue weighted by molar-refractivity contribution is -0.137. The molecule has 3 rings (SSSR count). The number of hydrazine groups is 1. The lowest BCUT2D eigenvalue weighted by Gasteiger charge is -2.28. The van der Waals surface area contributed by atoms with E-state index in [9.17, 15) is 27.1 Å². The number of aromatic hydroxyl groups is 1. The molecule has 0 radical (unpaired) electrons. The van der Waals surface area contributed by atoms with Gasteiger partial charge in [-0.25, -0.2) is 14.2 Å². The molecule has 1 aromatic heterocycles. The summed E-state index contributed by atoms with van der Waals surface area (Å²) in [6, 6.07) is 7.30. The maximum absolute atomic E-state index is 15.4. The molecule has 0 bridgehead atoms. The molecule has 0 spiro atoms. The molecule has 0 saturated carbocycles. The molecular formula is C27H30F6N4OS2. The molecule has 0 saturated heterocycles. The molecule has 0 amide bonds. The van der Waals surface area contributed by atoms with Crippen LogP contribution in [0, 0.1) is 17.6 Å². The van der Waals surface area contributed by atoms with Crippen molar-refractivity contribution in [3.05, 3.63) is 70.7 Å². The van der Waals surface area contributed by atoms with Crippen molar-refractivity contribution in [2.45, 2.75) is 73.8 Å². The van der Waals surface area contributed by atoms with E-state index in [0.29, 0.717) is 27.8 Å². The third kappa shape index (κ3) is 7.49. The fourth-order valence-corrected chi connectivity index (χ4v) is 4.84. The summed E-state index contributed by atoms with van der Waals surface area (Å²) >= 11 is 4.82. The molecular weight excluding hydrogens is 574 g/mol. The predicted octanol–water partition coefficient (Wildman–Crippen LogP) is 8.21. The van der Waals surface area contributed by atoms with Crippen molar-refractivity contribution >= 4 is 35.9 Å². The normalized spacial score (nSPS) is 13.3. The van der Waals surface area contributed by atoms with Gasteiger partial charge in [0.15, 0.2) is 17.5 Å². The van der Waals surface area contributed by atoms with Gasteiger partial charge in [0.25, 0.3) is 5.95 Å². The number of rotatable bonds is 7. The highest BCUT2D eigenvalue weighted by atomic mass is 32.2. The summed E-state index contributed by atoms with van der Waals surface area (Å²) in [5.41, 5.74) is 3.35. The van der Waals surface area contributed by atoms with Gasteiger partial charge in [0.2, 0.25) is 0 Å².